The van der Waals surface area contributed by atoms with Crippen LogP contribution < -0.4 is 9.62 Å². The van der Waals surface area contributed by atoms with Crippen LogP contribution in [0.1, 0.15) is 45.2 Å². The van der Waals surface area contributed by atoms with Crippen molar-refractivity contribution in [3.63, 3.8) is 0 Å². The molecule has 0 fully saturated rings. The van der Waals surface area contributed by atoms with E-state index in [4.69, 9.17) is 0 Å². The van der Waals surface area contributed by atoms with Crippen LogP contribution in [0.15, 0.2) is 89.8 Å². The number of sulfonamides is 1. The number of aryl methyl sites for hydroxylation is 1. The molecule has 0 aliphatic heterocycles. The van der Waals surface area contributed by atoms with Crippen molar-refractivity contribution in [3.8, 4) is 0 Å². The molecule has 7 nitrogen and oxygen atoms in total. The van der Waals surface area contributed by atoms with Crippen LogP contribution in [0.4, 0.5) is 5.69 Å². The van der Waals surface area contributed by atoms with Crippen molar-refractivity contribution in [1.82, 2.24) is 10.2 Å². The Morgan fingerprint density at radius 1 is 0.846 bits per heavy atom. The zero-order chi connectivity index (χ0) is 28.4. The molecule has 0 heterocycles. The first-order valence-corrected chi connectivity index (χ1v) is 14.9. The molecule has 0 bridgehead atoms. The highest BCUT2D eigenvalue weighted by Gasteiger charge is 2.34. The average molecular weight is 550 g/mol. The predicted molar refractivity (Wildman–Crippen MR) is 156 cm³/mol. The largest absolute Gasteiger partial charge is 0.354 e. The molecule has 8 heteroatoms. The number of nitrogens with one attached hydrogen (secondary N) is 1. The first kappa shape index (κ1) is 29.9. The van der Waals surface area contributed by atoms with Crippen LogP contribution in [0.2, 0.25) is 0 Å². The Labute approximate surface area is 232 Å². The lowest BCUT2D eigenvalue weighted by molar-refractivity contribution is -0.140. The molecule has 3 aromatic carbocycles. The summed E-state index contributed by atoms with van der Waals surface area (Å²) in [5.74, 6) is -0.445. The third-order valence-corrected chi connectivity index (χ3v) is 8.29. The molecule has 0 spiro atoms. The smallest absolute Gasteiger partial charge is 0.264 e. The van der Waals surface area contributed by atoms with E-state index in [1.54, 1.807) is 30.3 Å². The summed E-state index contributed by atoms with van der Waals surface area (Å²) < 4.78 is 29.1. The second-order valence-electron chi connectivity index (χ2n) is 9.88. The minimum atomic E-state index is -4.08. The van der Waals surface area contributed by atoms with Crippen LogP contribution in [0, 0.1) is 5.92 Å². The van der Waals surface area contributed by atoms with Crippen LogP contribution in [-0.2, 0) is 32.6 Å². The van der Waals surface area contributed by atoms with Gasteiger partial charge in [-0.25, -0.2) is 8.42 Å². The number of rotatable bonds is 13. The topological polar surface area (TPSA) is 86.8 Å². The zero-order valence-corrected chi connectivity index (χ0v) is 24.0. The van der Waals surface area contributed by atoms with E-state index in [0.29, 0.717) is 25.1 Å². The van der Waals surface area contributed by atoms with Gasteiger partial charge in [0.15, 0.2) is 0 Å². The zero-order valence-electron chi connectivity index (χ0n) is 23.2. The molecule has 2 amide bonds. The fraction of sp³-hybridized carbons (Fsp3) is 0.355. The number of hydrogen-bond donors (Lipinski definition) is 1. The average Bonchev–Trinajstić information content (AvgIpc) is 2.95. The molecule has 1 atom stereocenters. The molecule has 3 aromatic rings. The summed E-state index contributed by atoms with van der Waals surface area (Å²) >= 11 is 0. The van der Waals surface area contributed by atoms with Gasteiger partial charge in [0.1, 0.15) is 12.6 Å². The highest BCUT2D eigenvalue weighted by atomic mass is 32.2. The van der Waals surface area contributed by atoms with Crippen molar-refractivity contribution in [3.05, 3.63) is 96.1 Å². The summed E-state index contributed by atoms with van der Waals surface area (Å²) in [6.45, 7) is 8.05. The third-order valence-electron chi connectivity index (χ3n) is 6.52. The Morgan fingerprint density at radius 2 is 1.44 bits per heavy atom. The van der Waals surface area contributed by atoms with Gasteiger partial charge in [-0.05, 0) is 48.1 Å². The number of anilines is 1. The van der Waals surface area contributed by atoms with Gasteiger partial charge in [0.25, 0.3) is 10.0 Å². The number of benzene rings is 3. The van der Waals surface area contributed by atoms with Gasteiger partial charge in [0.05, 0.1) is 10.6 Å². The van der Waals surface area contributed by atoms with Crippen molar-refractivity contribution in [2.24, 2.45) is 5.92 Å². The molecule has 39 heavy (non-hydrogen) atoms. The summed E-state index contributed by atoms with van der Waals surface area (Å²) in [6.07, 6.45) is 0.980. The number of hydrogen-bond acceptors (Lipinski definition) is 4. The molecule has 0 aliphatic carbocycles. The van der Waals surface area contributed by atoms with Crippen LogP contribution in [-0.4, -0.2) is 44.3 Å². The first-order valence-electron chi connectivity index (χ1n) is 13.5. The normalized spacial score (nSPS) is 12.1. The summed E-state index contributed by atoms with van der Waals surface area (Å²) in [4.78, 5) is 28.9. The number of carbonyl (C=O) groups excluding carboxylic acids is 2. The second-order valence-corrected chi connectivity index (χ2v) is 11.7. The van der Waals surface area contributed by atoms with E-state index in [2.05, 4.69) is 5.32 Å². The van der Waals surface area contributed by atoms with Crippen molar-refractivity contribution in [2.75, 3.05) is 17.4 Å². The fourth-order valence-electron chi connectivity index (χ4n) is 4.41. The Bertz CT molecular complexity index is 1330. The molecule has 0 saturated carbocycles. The third kappa shape index (κ3) is 7.69. The van der Waals surface area contributed by atoms with E-state index in [9.17, 15) is 18.0 Å². The number of nitrogens with zero attached hydrogens (tertiary/aromatic N) is 2. The van der Waals surface area contributed by atoms with E-state index in [1.807, 2.05) is 70.2 Å². The Morgan fingerprint density at radius 3 is 2.03 bits per heavy atom. The maximum absolute atomic E-state index is 14.1. The standard InChI is InChI=1S/C31H39N3O4S/c1-5-26-17-13-14-20-29(26)34(39(37,38)27-18-11-8-12-19-27)23-30(35)33(22-25-15-9-7-10-16-25)28(6-2)31(36)32-21-24(3)4/h7-20,24,28H,5-6,21-23H2,1-4H3,(H,32,36). The summed E-state index contributed by atoms with van der Waals surface area (Å²) in [7, 11) is -4.08. The molecule has 1 N–H and O–H groups in total. The van der Waals surface area contributed by atoms with E-state index in [-0.39, 0.29) is 23.3 Å². The minimum absolute atomic E-state index is 0.0973. The van der Waals surface area contributed by atoms with Crippen LogP contribution in [0.3, 0.4) is 0 Å². The quantitative estimate of drug-likeness (QED) is 0.324. The van der Waals surface area contributed by atoms with Gasteiger partial charge in [-0.2, -0.15) is 0 Å². The van der Waals surface area contributed by atoms with Crippen molar-refractivity contribution < 1.29 is 18.0 Å². The first-order chi connectivity index (χ1) is 18.7. The minimum Gasteiger partial charge on any atom is -0.354 e. The summed E-state index contributed by atoms with van der Waals surface area (Å²) in [6, 6.07) is 24.0. The van der Waals surface area contributed by atoms with E-state index < -0.39 is 28.5 Å². The summed E-state index contributed by atoms with van der Waals surface area (Å²) in [5, 5.41) is 2.95. The molecular weight excluding hydrogens is 510 g/mol. The van der Waals surface area contributed by atoms with Gasteiger partial charge in [-0.15, -0.1) is 0 Å². The van der Waals surface area contributed by atoms with Gasteiger partial charge in [-0.3, -0.25) is 13.9 Å². The molecule has 1 unspecified atom stereocenters. The number of para-hydroxylation sites is 1. The molecular formula is C31H39N3O4S. The van der Waals surface area contributed by atoms with Gasteiger partial charge in [0.2, 0.25) is 11.8 Å². The Balaban J connectivity index is 2.05. The second kappa shape index (κ2) is 13.9. The Kier molecular flexibility index (Phi) is 10.7. The van der Waals surface area contributed by atoms with Crippen molar-refractivity contribution in [2.45, 2.75) is 58.0 Å². The molecule has 0 aliphatic rings. The highest BCUT2D eigenvalue weighted by molar-refractivity contribution is 7.92. The van der Waals surface area contributed by atoms with E-state index >= 15 is 0 Å². The maximum atomic E-state index is 14.1. The van der Waals surface area contributed by atoms with Crippen molar-refractivity contribution >= 4 is 27.5 Å². The van der Waals surface area contributed by atoms with E-state index in [1.165, 1.54) is 21.3 Å². The predicted octanol–water partition coefficient (Wildman–Crippen LogP) is 5.02. The Hall–Kier alpha value is -3.65. The van der Waals surface area contributed by atoms with Crippen LogP contribution in [0.25, 0.3) is 0 Å². The molecule has 0 radical (unpaired) electrons. The van der Waals surface area contributed by atoms with Crippen LogP contribution in [0.5, 0.6) is 0 Å². The van der Waals surface area contributed by atoms with Gasteiger partial charge >= 0.3 is 0 Å². The van der Waals surface area contributed by atoms with Crippen LogP contribution >= 0.6 is 0 Å². The van der Waals surface area contributed by atoms with Gasteiger partial charge < -0.3 is 10.2 Å². The molecule has 0 aromatic heterocycles. The SMILES string of the molecule is CCc1ccccc1N(CC(=O)N(Cc1ccccc1)C(CC)C(=O)NCC(C)C)S(=O)(=O)c1ccccc1. The highest BCUT2D eigenvalue weighted by Crippen LogP contribution is 2.28. The number of amides is 2. The fourth-order valence-corrected chi connectivity index (χ4v) is 5.88. The maximum Gasteiger partial charge on any atom is 0.264 e. The monoisotopic (exact) mass is 549 g/mol. The molecule has 3 rings (SSSR count). The lowest BCUT2D eigenvalue weighted by Crippen LogP contribution is -2.52. The molecule has 208 valence electrons. The van der Waals surface area contributed by atoms with Crippen molar-refractivity contribution in [1.29, 1.82) is 0 Å². The van der Waals surface area contributed by atoms with E-state index in [0.717, 1.165) is 11.1 Å². The van der Waals surface area contributed by atoms with Gasteiger partial charge in [0, 0.05) is 13.1 Å². The number of carbonyl (C=O) groups is 2. The van der Waals surface area contributed by atoms with Gasteiger partial charge in [-0.1, -0.05) is 94.4 Å². The lowest BCUT2D eigenvalue weighted by Gasteiger charge is -2.33. The lowest BCUT2D eigenvalue weighted by atomic mass is 10.1. The summed E-state index contributed by atoms with van der Waals surface area (Å²) in [5.41, 5.74) is 2.11. The molecule has 0 saturated heterocycles.